The topological polar surface area (TPSA) is 96.7 Å². The summed E-state index contributed by atoms with van der Waals surface area (Å²) in [5.41, 5.74) is 1.26. The van der Waals surface area contributed by atoms with Gasteiger partial charge in [-0.15, -0.1) is 10.2 Å². The zero-order chi connectivity index (χ0) is 19.0. The van der Waals surface area contributed by atoms with Gasteiger partial charge in [0.15, 0.2) is 5.65 Å². The van der Waals surface area contributed by atoms with Crippen molar-refractivity contribution in [2.24, 2.45) is 0 Å². The molecule has 2 fully saturated rings. The van der Waals surface area contributed by atoms with E-state index in [0.29, 0.717) is 17.6 Å². The van der Waals surface area contributed by atoms with Crippen LogP contribution in [0.1, 0.15) is 55.8 Å². The number of aromatic nitrogens is 3. The van der Waals surface area contributed by atoms with E-state index >= 15 is 0 Å². The van der Waals surface area contributed by atoms with Gasteiger partial charge >= 0.3 is 0 Å². The Morgan fingerprint density at radius 1 is 1.15 bits per heavy atom. The summed E-state index contributed by atoms with van der Waals surface area (Å²) in [4.78, 5) is 38.2. The molecule has 2 unspecified atom stereocenters. The third-order valence-corrected chi connectivity index (χ3v) is 5.60. The maximum Gasteiger partial charge on any atom is 0.253 e. The first-order chi connectivity index (χ1) is 13.0. The Morgan fingerprint density at radius 3 is 2.59 bits per heavy atom. The number of pyridine rings is 1. The molecule has 27 heavy (non-hydrogen) atoms. The number of nitrogens with zero attached hydrogens (tertiary/aromatic N) is 4. The third-order valence-electron chi connectivity index (χ3n) is 5.60. The quantitative estimate of drug-likeness (QED) is 0.858. The number of carbonyl (C=O) groups is 3. The molecule has 1 N–H and O–H groups in total. The lowest BCUT2D eigenvalue weighted by atomic mass is 9.96. The van der Waals surface area contributed by atoms with Crippen LogP contribution in [0.15, 0.2) is 24.7 Å². The van der Waals surface area contributed by atoms with E-state index in [1.54, 1.807) is 29.1 Å². The van der Waals surface area contributed by atoms with E-state index < -0.39 is 0 Å². The van der Waals surface area contributed by atoms with Crippen LogP contribution in [0.2, 0.25) is 0 Å². The average molecular weight is 369 g/mol. The van der Waals surface area contributed by atoms with Crippen molar-refractivity contribution in [3.63, 3.8) is 0 Å². The van der Waals surface area contributed by atoms with Crippen molar-refractivity contribution in [2.45, 2.75) is 63.6 Å². The Bertz CT molecular complexity index is 878. The van der Waals surface area contributed by atoms with Crippen LogP contribution in [0.4, 0.5) is 0 Å². The molecular formula is C19H23N5O3. The fourth-order valence-corrected chi connectivity index (χ4v) is 4.34. The smallest absolute Gasteiger partial charge is 0.253 e. The molecule has 2 aromatic rings. The van der Waals surface area contributed by atoms with Crippen LogP contribution in [0, 0.1) is 0 Å². The summed E-state index contributed by atoms with van der Waals surface area (Å²) in [6.07, 6.45) is 7.35. The summed E-state index contributed by atoms with van der Waals surface area (Å²) in [5.74, 6) is -0.00482. The second-order valence-corrected chi connectivity index (χ2v) is 7.54. The minimum Gasteiger partial charge on any atom is -0.349 e. The number of fused-ring (bicyclic) bond motifs is 3. The Morgan fingerprint density at radius 2 is 1.89 bits per heavy atom. The van der Waals surface area contributed by atoms with Crippen LogP contribution in [0.25, 0.3) is 5.65 Å². The lowest BCUT2D eigenvalue weighted by molar-refractivity contribution is -0.137. The molecular weight excluding hydrogens is 346 g/mol. The Hall–Kier alpha value is -2.77. The summed E-state index contributed by atoms with van der Waals surface area (Å²) in [5, 5.41) is 10.9. The molecule has 0 aliphatic carbocycles. The zero-order valence-corrected chi connectivity index (χ0v) is 15.3. The highest BCUT2D eigenvalue weighted by Gasteiger charge is 2.43. The molecule has 4 rings (SSSR count). The number of amides is 2. The fourth-order valence-electron chi connectivity index (χ4n) is 4.34. The molecule has 8 nitrogen and oxygen atoms in total. The van der Waals surface area contributed by atoms with E-state index in [4.69, 9.17) is 0 Å². The second-order valence-electron chi connectivity index (χ2n) is 7.54. The number of nitrogens with one attached hydrogen (secondary N) is 1. The number of Topliss-reactive ketones (excluding diaryl/α,β-unsaturated/α-hetero) is 1. The van der Waals surface area contributed by atoms with Crippen molar-refractivity contribution >= 4 is 23.2 Å². The van der Waals surface area contributed by atoms with Gasteiger partial charge in [0.2, 0.25) is 5.91 Å². The van der Waals surface area contributed by atoms with Crippen molar-refractivity contribution in [3.05, 3.63) is 30.2 Å². The van der Waals surface area contributed by atoms with E-state index in [9.17, 15) is 14.4 Å². The Kier molecular flexibility index (Phi) is 4.63. The van der Waals surface area contributed by atoms with Gasteiger partial charge in [-0.2, -0.15) is 0 Å². The normalized spacial score (nSPS) is 24.2. The fraction of sp³-hybridized carbons (Fsp3) is 0.526. The van der Waals surface area contributed by atoms with Crippen molar-refractivity contribution in [2.75, 3.05) is 0 Å². The molecule has 2 atom stereocenters. The number of hydrogen-bond acceptors (Lipinski definition) is 5. The Labute approximate surface area is 156 Å². The summed E-state index contributed by atoms with van der Waals surface area (Å²) in [6.45, 7) is 1.51. The first kappa shape index (κ1) is 17.6. The van der Waals surface area contributed by atoms with Gasteiger partial charge in [0.05, 0.1) is 5.56 Å². The van der Waals surface area contributed by atoms with Crippen LogP contribution in [-0.2, 0) is 9.59 Å². The molecule has 2 bridgehead atoms. The van der Waals surface area contributed by atoms with Crippen molar-refractivity contribution in [3.8, 4) is 0 Å². The minimum atomic E-state index is -0.119. The van der Waals surface area contributed by atoms with E-state index in [1.165, 1.54) is 6.92 Å². The highest BCUT2D eigenvalue weighted by molar-refractivity contribution is 5.94. The molecule has 0 spiro atoms. The van der Waals surface area contributed by atoms with Crippen molar-refractivity contribution in [1.29, 1.82) is 0 Å². The van der Waals surface area contributed by atoms with Crippen molar-refractivity contribution < 1.29 is 14.4 Å². The number of hydrogen-bond donors (Lipinski definition) is 1. The lowest BCUT2D eigenvalue weighted by Crippen LogP contribution is -2.52. The number of ketones is 1. The van der Waals surface area contributed by atoms with Crippen LogP contribution < -0.4 is 5.32 Å². The predicted molar refractivity (Wildman–Crippen MR) is 97.0 cm³/mol. The van der Waals surface area contributed by atoms with Gasteiger partial charge in [-0.25, -0.2) is 0 Å². The molecule has 2 amide bonds. The molecule has 2 aliphatic heterocycles. The first-order valence-corrected chi connectivity index (χ1v) is 9.42. The van der Waals surface area contributed by atoms with Crippen LogP contribution in [0.5, 0.6) is 0 Å². The second kappa shape index (κ2) is 7.09. The summed E-state index contributed by atoms with van der Waals surface area (Å²) >= 11 is 0. The van der Waals surface area contributed by atoms with Crippen LogP contribution >= 0.6 is 0 Å². The summed E-state index contributed by atoms with van der Waals surface area (Å²) < 4.78 is 1.72. The monoisotopic (exact) mass is 369 g/mol. The number of piperidine rings is 1. The van der Waals surface area contributed by atoms with E-state index in [1.807, 2.05) is 4.90 Å². The predicted octanol–water partition coefficient (Wildman–Crippen LogP) is 1.35. The molecule has 2 aliphatic rings. The van der Waals surface area contributed by atoms with Crippen LogP contribution in [0.3, 0.4) is 0 Å². The molecule has 0 radical (unpaired) electrons. The number of carbonyl (C=O) groups excluding carboxylic acids is 3. The standard InChI is InChI=1S/C19H23N5O3/c1-12(25)2-7-18(26)24-15-4-5-16(24)9-14(8-15)21-19(27)13-3-6-17-22-20-11-23(17)10-13/h3,6,10-11,14-16H,2,4-5,7-9H2,1H3,(H,21,27). The van der Waals surface area contributed by atoms with Gasteiger partial charge in [0, 0.05) is 37.2 Å². The molecule has 4 heterocycles. The molecule has 2 aromatic heterocycles. The summed E-state index contributed by atoms with van der Waals surface area (Å²) in [7, 11) is 0. The van der Waals surface area contributed by atoms with E-state index in [0.717, 1.165) is 25.7 Å². The maximum atomic E-state index is 12.6. The average Bonchev–Trinajstić information content (AvgIpc) is 3.21. The highest BCUT2D eigenvalue weighted by atomic mass is 16.2. The van der Waals surface area contributed by atoms with E-state index in [-0.39, 0.29) is 42.1 Å². The highest BCUT2D eigenvalue weighted by Crippen LogP contribution is 2.36. The molecule has 8 heteroatoms. The van der Waals surface area contributed by atoms with Gasteiger partial charge in [0.25, 0.3) is 5.91 Å². The number of rotatable bonds is 5. The summed E-state index contributed by atoms with van der Waals surface area (Å²) in [6, 6.07) is 3.89. The van der Waals surface area contributed by atoms with Gasteiger partial charge in [-0.1, -0.05) is 0 Å². The SMILES string of the molecule is CC(=O)CCC(=O)N1C2CCC1CC(NC(=O)c1ccc3nncn3c1)C2. The van der Waals surface area contributed by atoms with E-state index in [2.05, 4.69) is 15.5 Å². The van der Waals surface area contributed by atoms with Crippen molar-refractivity contribution in [1.82, 2.24) is 24.8 Å². The Balaban J connectivity index is 1.38. The lowest BCUT2D eigenvalue weighted by Gasteiger charge is -2.39. The molecule has 2 saturated heterocycles. The van der Waals surface area contributed by atoms with Gasteiger partial charge in [-0.3, -0.25) is 14.0 Å². The molecule has 0 aromatic carbocycles. The largest absolute Gasteiger partial charge is 0.349 e. The minimum absolute atomic E-state index is 0.0444. The first-order valence-electron chi connectivity index (χ1n) is 9.42. The van der Waals surface area contributed by atoms with Crippen LogP contribution in [-0.4, -0.2) is 55.2 Å². The third kappa shape index (κ3) is 3.56. The maximum absolute atomic E-state index is 12.6. The molecule has 0 saturated carbocycles. The van der Waals surface area contributed by atoms with Gasteiger partial charge in [0.1, 0.15) is 12.1 Å². The molecule has 142 valence electrons. The van der Waals surface area contributed by atoms with Gasteiger partial charge in [-0.05, 0) is 44.7 Å². The van der Waals surface area contributed by atoms with Gasteiger partial charge < -0.3 is 15.0 Å². The zero-order valence-electron chi connectivity index (χ0n) is 15.3.